The van der Waals surface area contributed by atoms with Gasteiger partial charge in [0.25, 0.3) is 0 Å². The zero-order chi connectivity index (χ0) is 13.7. The van der Waals surface area contributed by atoms with Crippen LogP contribution in [0.5, 0.6) is 0 Å². The first-order chi connectivity index (χ1) is 8.21. The number of hydrogen-bond acceptors (Lipinski definition) is 2. The van der Waals surface area contributed by atoms with Crippen LogP contribution in [0, 0.1) is 18.6 Å². The van der Waals surface area contributed by atoms with Gasteiger partial charge in [-0.1, -0.05) is 0 Å². The second-order valence-electron chi connectivity index (χ2n) is 3.87. The summed E-state index contributed by atoms with van der Waals surface area (Å²) < 4.78 is 68.5. The van der Waals surface area contributed by atoms with Crippen molar-refractivity contribution in [3.8, 4) is 0 Å². The Kier molecular flexibility index (Phi) is 4.11. The van der Waals surface area contributed by atoms with Crippen LogP contribution in [0.3, 0.4) is 0 Å². The summed E-state index contributed by atoms with van der Waals surface area (Å²) in [7, 11) is 0. The first-order valence-electron chi connectivity index (χ1n) is 4.92. The summed E-state index contributed by atoms with van der Waals surface area (Å²) in [6, 6.07) is -0.926. The molecule has 1 atom stereocenters. The minimum Gasteiger partial charge on any atom is -0.456 e. The van der Waals surface area contributed by atoms with E-state index in [2.05, 4.69) is 0 Å². The van der Waals surface area contributed by atoms with Crippen LogP contribution in [0.15, 0.2) is 16.5 Å². The molecule has 0 amide bonds. The molecular weight excluding hydrogens is 293 g/mol. The first kappa shape index (κ1) is 15.7. The van der Waals surface area contributed by atoms with Crippen molar-refractivity contribution >= 4 is 23.4 Å². The molecule has 0 spiro atoms. The van der Waals surface area contributed by atoms with Gasteiger partial charge in [-0.25, -0.2) is 8.78 Å². The molecule has 2 aromatic rings. The van der Waals surface area contributed by atoms with Crippen LogP contribution in [0.4, 0.5) is 22.0 Å². The number of rotatable bonds is 1. The lowest BCUT2D eigenvalue weighted by molar-refractivity contribution is -0.152. The van der Waals surface area contributed by atoms with Crippen LogP contribution in [0.1, 0.15) is 17.4 Å². The molecule has 106 valence electrons. The average Bonchev–Trinajstić information content (AvgIpc) is 2.54. The molecule has 1 aromatic heterocycles. The van der Waals surface area contributed by atoms with E-state index < -0.39 is 35.2 Å². The summed E-state index contributed by atoms with van der Waals surface area (Å²) in [5, 5.41) is -0.0535. The number of furan rings is 1. The topological polar surface area (TPSA) is 39.2 Å². The van der Waals surface area contributed by atoms with Crippen molar-refractivity contribution in [3.63, 3.8) is 0 Å². The number of hydrogen-bond donors (Lipinski definition) is 1. The summed E-state index contributed by atoms with van der Waals surface area (Å²) in [5.74, 6) is -2.56. The molecule has 0 fully saturated rings. The van der Waals surface area contributed by atoms with Gasteiger partial charge in [0.2, 0.25) is 0 Å². The second kappa shape index (κ2) is 4.97. The van der Waals surface area contributed by atoms with Gasteiger partial charge in [-0.3, -0.25) is 0 Å². The average molecular weight is 302 g/mol. The van der Waals surface area contributed by atoms with E-state index in [1.807, 2.05) is 0 Å². The Morgan fingerprint density at radius 3 is 2.32 bits per heavy atom. The Balaban J connectivity index is 0.00000180. The predicted octanol–water partition coefficient (Wildman–Crippen LogP) is 4.00. The molecule has 0 radical (unpaired) electrons. The molecule has 0 aliphatic carbocycles. The third-order valence-corrected chi connectivity index (χ3v) is 2.63. The minimum absolute atomic E-state index is 0. The van der Waals surface area contributed by atoms with Gasteiger partial charge in [-0.2, -0.15) is 13.2 Å². The summed E-state index contributed by atoms with van der Waals surface area (Å²) in [4.78, 5) is 0. The molecule has 0 aliphatic rings. The summed E-state index contributed by atoms with van der Waals surface area (Å²) in [6.07, 6.45) is -4.71. The number of aryl methyl sites for hydroxylation is 1. The van der Waals surface area contributed by atoms with E-state index in [0.29, 0.717) is 6.07 Å². The highest BCUT2D eigenvalue weighted by Crippen LogP contribution is 2.37. The quantitative estimate of drug-likeness (QED) is 0.809. The minimum atomic E-state index is -4.71. The number of alkyl halides is 3. The van der Waals surface area contributed by atoms with Crippen molar-refractivity contribution in [3.05, 3.63) is 35.1 Å². The predicted molar refractivity (Wildman–Crippen MR) is 61.1 cm³/mol. The maximum atomic E-state index is 13.3. The highest BCUT2D eigenvalue weighted by molar-refractivity contribution is 5.85. The normalized spacial score (nSPS) is 13.4. The lowest BCUT2D eigenvalue weighted by Crippen LogP contribution is -2.28. The largest absolute Gasteiger partial charge is 0.456 e. The van der Waals surface area contributed by atoms with E-state index in [1.54, 1.807) is 0 Å². The highest BCUT2D eigenvalue weighted by atomic mass is 35.5. The van der Waals surface area contributed by atoms with Gasteiger partial charge in [0, 0.05) is 17.0 Å². The lowest BCUT2D eigenvalue weighted by Gasteiger charge is -2.13. The van der Waals surface area contributed by atoms with Gasteiger partial charge in [-0.15, -0.1) is 12.4 Å². The van der Waals surface area contributed by atoms with E-state index in [1.165, 1.54) is 6.92 Å². The van der Waals surface area contributed by atoms with Crippen molar-refractivity contribution in [2.24, 2.45) is 5.73 Å². The number of nitrogens with two attached hydrogens (primary N) is 1. The SMILES string of the molecule is Cc1c([C@@H](N)C(F)(F)F)oc2c(F)cc(F)cc12.Cl. The summed E-state index contributed by atoms with van der Waals surface area (Å²) >= 11 is 0. The van der Waals surface area contributed by atoms with E-state index in [4.69, 9.17) is 10.2 Å². The molecule has 0 saturated carbocycles. The Hall–Kier alpha value is -1.34. The fourth-order valence-electron chi connectivity index (χ4n) is 1.71. The fourth-order valence-corrected chi connectivity index (χ4v) is 1.71. The van der Waals surface area contributed by atoms with E-state index in [9.17, 15) is 22.0 Å². The van der Waals surface area contributed by atoms with E-state index in [0.717, 1.165) is 6.07 Å². The highest BCUT2D eigenvalue weighted by Gasteiger charge is 2.41. The Bertz CT molecular complexity index is 607. The Labute approximate surface area is 110 Å². The van der Waals surface area contributed by atoms with Crippen molar-refractivity contribution in [2.45, 2.75) is 19.1 Å². The summed E-state index contributed by atoms with van der Waals surface area (Å²) in [6.45, 7) is 1.27. The molecule has 0 bridgehead atoms. The lowest BCUT2D eigenvalue weighted by atomic mass is 10.1. The second-order valence-corrected chi connectivity index (χ2v) is 3.87. The Morgan fingerprint density at radius 2 is 1.79 bits per heavy atom. The fraction of sp³-hybridized carbons (Fsp3) is 0.273. The molecule has 19 heavy (non-hydrogen) atoms. The van der Waals surface area contributed by atoms with Crippen LogP contribution in [-0.4, -0.2) is 6.18 Å². The maximum absolute atomic E-state index is 13.3. The molecule has 1 aromatic carbocycles. The van der Waals surface area contributed by atoms with Crippen molar-refractivity contribution in [1.29, 1.82) is 0 Å². The van der Waals surface area contributed by atoms with Gasteiger partial charge in [0.1, 0.15) is 11.6 Å². The zero-order valence-corrected chi connectivity index (χ0v) is 10.3. The van der Waals surface area contributed by atoms with Crippen LogP contribution in [0.25, 0.3) is 11.0 Å². The standard InChI is InChI=1S/C11H8F5NO.ClH/c1-4-6-2-5(12)3-7(13)9(6)18-8(4)10(17)11(14,15)16;/h2-3,10H,17H2,1H3;1H/t10-;/m1./s1. The molecule has 2 nitrogen and oxygen atoms in total. The van der Waals surface area contributed by atoms with Gasteiger partial charge < -0.3 is 10.2 Å². The maximum Gasteiger partial charge on any atom is 0.410 e. The smallest absolute Gasteiger partial charge is 0.410 e. The van der Waals surface area contributed by atoms with Gasteiger partial charge >= 0.3 is 6.18 Å². The van der Waals surface area contributed by atoms with Crippen LogP contribution in [-0.2, 0) is 0 Å². The van der Waals surface area contributed by atoms with Crippen molar-refractivity contribution in [2.75, 3.05) is 0 Å². The van der Waals surface area contributed by atoms with Gasteiger partial charge in [0.15, 0.2) is 17.4 Å². The third kappa shape index (κ3) is 2.66. The monoisotopic (exact) mass is 301 g/mol. The van der Waals surface area contributed by atoms with Gasteiger partial charge in [-0.05, 0) is 13.0 Å². The first-order valence-corrected chi connectivity index (χ1v) is 4.92. The molecule has 0 saturated heterocycles. The zero-order valence-electron chi connectivity index (χ0n) is 9.52. The molecule has 2 rings (SSSR count). The van der Waals surface area contributed by atoms with Crippen LogP contribution >= 0.6 is 12.4 Å². The molecule has 1 heterocycles. The van der Waals surface area contributed by atoms with Crippen molar-refractivity contribution < 1.29 is 26.4 Å². The third-order valence-electron chi connectivity index (χ3n) is 2.63. The molecule has 0 unspecified atom stereocenters. The number of benzene rings is 1. The molecule has 8 heteroatoms. The molecule has 2 N–H and O–H groups in total. The van der Waals surface area contributed by atoms with Crippen LogP contribution in [0.2, 0.25) is 0 Å². The number of halogens is 6. The number of fused-ring (bicyclic) bond motifs is 1. The Morgan fingerprint density at radius 1 is 1.21 bits per heavy atom. The van der Waals surface area contributed by atoms with E-state index >= 15 is 0 Å². The van der Waals surface area contributed by atoms with Crippen molar-refractivity contribution in [1.82, 2.24) is 0 Å². The van der Waals surface area contributed by atoms with Gasteiger partial charge in [0.05, 0.1) is 0 Å². The summed E-state index contributed by atoms with van der Waals surface area (Å²) in [5.41, 5.74) is 4.54. The molecule has 0 aliphatic heterocycles. The molecular formula is C11H9ClF5NO. The van der Waals surface area contributed by atoms with E-state index in [-0.39, 0.29) is 23.4 Å². The van der Waals surface area contributed by atoms with Crippen LogP contribution < -0.4 is 5.73 Å².